The normalized spacial score (nSPS) is 16.2. The molecule has 1 fully saturated rings. The highest BCUT2D eigenvalue weighted by Crippen LogP contribution is 2.34. The first-order valence-electron chi connectivity index (χ1n) is 9.72. The fourth-order valence-corrected chi connectivity index (χ4v) is 3.99. The zero-order valence-electron chi connectivity index (χ0n) is 16.4. The number of likely N-dealkylation sites (tertiary alicyclic amines) is 1. The molecule has 0 bridgehead atoms. The van der Waals surface area contributed by atoms with Crippen molar-refractivity contribution in [1.82, 2.24) is 9.47 Å². The van der Waals surface area contributed by atoms with Gasteiger partial charge in [-0.3, -0.25) is 0 Å². The minimum absolute atomic E-state index is 0.0439. The largest absolute Gasteiger partial charge is 0.353 e. The fraction of sp³-hybridized carbons (Fsp3) is 0.261. The van der Waals surface area contributed by atoms with Crippen molar-refractivity contribution in [1.29, 1.82) is 0 Å². The van der Waals surface area contributed by atoms with E-state index in [1.54, 1.807) is 0 Å². The standard InChI is InChI=1S/C23H26N4O/c1-25-16-8-14-21(25)22-15-9-17-27(22)23(28)24-19-12-6-7-13-20(19)26(2)18-10-4-3-5-11-18/h3-8,10-14,16,22H,9,15,17H2,1-2H3,(H,24,28)/t22-/m0/s1. The van der Waals surface area contributed by atoms with Gasteiger partial charge in [-0.1, -0.05) is 30.3 Å². The van der Waals surface area contributed by atoms with Crippen LogP contribution in [-0.2, 0) is 7.05 Å². The first kappa shape index (κ1) is 18.2. The van der Waals surface area contributed by atoms with Crippen molar-refractivity contribution in [2.24, 2.45) is 7.05 Å². The van der Waals surface area contributed by atoms with Gasteiger partial charge in [0.1, 0.15) is 0 Å². The molecule has 0 saturated carbocycles. The minimum Gasteiger partial charge on any atom is -0.353 e. The summed E-state index contributed by atoms with van der Waals surface area (Å²) in [5.74, 6) is 0. The monoisotopic (exact) mass is 374 g/mol. The molecule has 0 spiro atoms. The van der Waals surface area contributed by atoms with E-state index in [1.165, 1.54) is 5.69 Å². The average molecular weight is 374 g/mol. The lowest BCUT2D eigenvalue weighted by Crippen LogP contribution is -2.35. The lowest BCUT2D eigenvalue weighted by atomic mass is 10.1. The number of carbonyl (C=O) groups is 1. The third-order valence-electron chi connectivity index (χ3n) is 5.49. The summed E-state index contributed by atoms with van der Waals surface area (Å²) < 4.78 is 2.10. The van der Waals surface area contributed by atoms with E-state index >= 15 is 0 Å². The van der Waals surface area contributed by atoms with Gasteiger partial charge in [0.05, 0.1) is 17.4 Å². The second-order valence-electron chi connectivity index (χ2n) is 7.24. The van der Waals surface area contributed by atoms with Crippen LogP contribution in [0.2, 0.25) is 0 Å². The van der Waals surface area contributed by atoms with Gasteiger partial charge in [0.25, 0.3) is 0 Å². The van der Waals surface area contributed by atoms with Crippen molar-refractivity contribution in [2.45, 2.75) is 18.9 Å². The molecule has 5 heteroatoms. The van der Waals surface area contributed by atoms with E-state index in [1.807, 2.05) is 73.7 Å². The molecular formula is C23H26N4O. The predicted octanol–water partition coefficient (Wildman–Crippen LogP) is 5.16. The SMILES string of the molecule is CN(c1ccccc1)c1ccccc1NC(=O)N1CCC[C@H]1c1cccn1C. The van der Waals surface area contributed by atoms with Crippen LogP contribution < -0.4 is 10.2 Å². The maximum absolute atomic E-state index is 13.1. The Labute approximate surface area is 166 Å². The Balaban J connectivity index is 1.56. The van der Waals surface area contributed by atoms with Gasteiger partial charge < -0.3 is 19.7 Å². The van der Waals surface area contributed by atoms with Crippen molar-refractivity contribution in [3.05, 3.63) is 78.6 Å². The Morgan fingerprint density at radius 3 is 2.54 bits per heavy atom. The number of hydrogen-bond donors (Lipinski definition) is 1. The number of nitrogens with one attached hydrogen (secondary N) is 1. The molecule has 144 valence electrons. The Hall–Kier alpha value is -3.21. The smallest absolute Gasteiger partial charge is 0.322 e. The van der Waals surface area contributed by atoms with Crippen molar-refractivity contribution in [3.63, 3.8) is 0 Å². The summed E-state index contributed by atoms with van der Waals surface area (Å²) in [6.07, 6.45) is 4.06. The van der Waals surface area contributed by atoms with Crippen LogP contribution in [-0.4, -0.2) is 29.1 Å². The molecule has 2 heterocycles. The number of rotatable bonds is 4. The van der Waals surface area contributed by atoms with Crippen LogP contribution in [0.1, 0.15) is 24.6 Å². The molecule has 4 rings (SSSR count). The molecule has 1 aliphatic heterocycles. The molecule has 0 radical (unpaired) electrons. The van der Waals surface area contributed by atoms with Gasteiger partial charge in [0.15, 0.2) is 0 Å². The molecular weight excluding hydrogens is 348 g/mol. The zero-order chi connectivity index (χ0) is 19.5. The van der Waals surface area contributed by atoms with Gasteiger partial charge in [-0.05, 0) is 49.2 Å². The highest BCUT2D eigenvalue weighted by Gasteiger charge is 2.31. The lowest BCUT2D eigenvalue weighted by Gasteiger charge is -2.27. The lowest BCUT2D eigenvalue weighted by molar-refractivity contribution is 0.205. The summed E-state index contributed by atoms with van der Waals surface area (Å²) in [4.78, 5) is 17.2. The first-order valence-corrected chi connectivity index (χ1v) is 9.72. The summed E-state index contributed by atoms with van der Waals surface area (Å²) in [5, 5.41) is 3.15. The van der Waals surface area contributed by atoms with Gasteiger partial charge in [-0.15, -0.1) is 0 Å². The first-order chi connectivity index (χ1) is 13.6. The summed E-state index contributed by atoms with van der Waals surface area (Å²) in [6.45, 7) is 0.776. The number of amides is 2. The molecule has 5 nitrogen and oxygen atoms in total. The molecule has 3 aromatic rings. The van der Waals surface area contributed by atoms with Crippen LogP contribution in [0.15, 0.2) is 72.9 Å². The number of urea groups is 1. The number of carbonyl (C=O) groups excluding carboxylic acids is 1. The van der Waals surface area contributed by atoms with E-state index in [0.29, 0.717) is 0 Å². The number of hydrogen-bond acceptors (Lipinski definition) is 2. The summed E-state index contributed by atoms with van der Waals surface area (Å²) in [6, 6.07) is 22.3. The Morgan fingerprint density at radius 1 is 1.04 bits per heavy atom. The third kappa shape index (κ3) is 3.48. The highest BCUT2D eigenvalue weighted by molar-refractivity contribution is 5.94. The number of anilines is 3. The Kier molecular flexibility index (Phi) is 5.06. The molecule has 1 atom stereocenters. The molecule has 28 heavy (non-hydrogen) atoms. The molecule has 0 unspecified atom stereocenters. The maximum atomic E-state index is 13.1. The van der Waals surface area contributed by atoms with Crippen molar-refractivity contribution in [2.75, 3.05) is 23.8 Å². The third-order valence-corrected chi connectivity index (χ3v) is 5.49. The second-order valence-corrected chi connectivity index (χ2v) is 7.24. The van der Waals surface area contributed by atoms with Gasteiger partial charge in [-0.2, -0.15) is 0 Å². The van der Waals surface area contributed by atoms with Gasteiger partial charge in [0, 0.05) is 38.2 Å². The Bertz CT molecular complexity index is 950. The molecule has 1 N–H and O–H groups in total. The Morgan fingerprint density at radius 2 is 1.79 bits per heavy atom. The highest BCUT2D eigenvalue weighted by atomic mass is 16.2. The molecule has 1 saturated heterocycles. The number of aryl methyl sites for hydroxylation is 1. The van der Waals surface area contributed by atoms with E-state index in [0.717, 1.165) is 36.4 Å². The van der Waals surface area contributed by atoms with Gasteiger partial charge >= 0.3 is 6.03 Å². The topological polar surface area (TPSA) is 40.5 Å². The summed E-state index contributed by atoms with van der Waals surface area (Å²) >= 11 is 0. The molecule has 2 aromatic carbocycles. The van der Waals surface area contributed by atoms with Gasteiger partial charge in [0.2, 0.25) is 0 Å². The average Bonchev–Trinajstić information content (AvgIpc) is 3.37. The molecule has 2 amide bonds. The zero-order valence-corrected chi connectivity index (χ0v) is 16.4. The summed E-state index contributed by atoms with van der Waals surface area (Å²) in [5.41, 5.74) is 4.04. The van der Waals surface area contributed by atoms with Crippen LogP contribution >= 0.6 is 0 Å². The summed E-state index contributed by atoms with van der Waals surface area (Å²) in [7, 11) is 4.05. The number of nitrogens with zero attached hydrogens (tertiary/aromatic N) is 3. The fourth-order valence-electron chi connectivity index (χ4n) is 3.99. The van der Waals surface area contributed by atoms with E-state index in [4.69, 9.17) is 0 Å². The van der Waals surface area contributed by atoms with Gasteiger partial charge in [-0.25, -0.2) is 4.79 Å². The quantitative estimate of drug-likeness (QED) is 0.685. The number of aromatic nitrogens is 1. The second kappa shape index (κ2) is 7.80. The van der Waals surface area contributed by atoms with E-state index in [-0.39, 0.29) is 12.1 Å². The van der Waals surface area contributed by atoms with Crippen LogP contribution in [0, 0.1) is 0 Å². The van der Waals surface area contributed by atoms with E-state index < -0.39 is 0 Å². The van der Waals surface area contributed by atoms with Crippen LogP contribution in [0.4, 0.5) is 21.9 Å². The number of para-hydroxylation sites is 3. The molecule has 1 aliphatic rings. The van der Waals surface area contributed by atoms with E-state index in [2.05, 4.69) is 33.0 Å². The van der Waals surface area contributed by atoms with E-state index in [9.17, 15) is 4.79 Å². The van der Waals surface area contributed by atoms with Crippen LogP contribution in [0.3, 0.4) is 0 Å². The van der Waals surface area contributed by atoms with Crippen molar-refractivity contribution in [3.8, 4) is 0 Å². The predicted molar refractivity (Wildman–Crippen MR) is 114 cm³/mol. The van der Waals surface area contributed by atoms with Crippen LogP contribution in [0.25, 0.3) is 0 Å². The molecule has 0 aliphatic carbocycles. The minimum atomic E-state index is -0.0439. The maximum Gasteiger partial charge on any atom is 0.322 e. The van der Waals surface area contributed by atoms with Crippen LogP contribution in [0.5, 0.6) is 0 Å². The van der Waals surface area contributed by atoms with Crippen molar-refractivity contribution < 1.29 is 4.79 Å². The van der Waals surface area contributed by atoms with Crippen molar-refractivity contribution >= 4 is 23.1 Å². The number of benzene rings is 2. The molecule has 1 aromatic heterocycles.